The number of benzene rings is 1. The van der Waals surface area contributed by atoms with Gasteiger partial charge in [-0.2, -0.15) is 18.3 Å². The minimum Gasteiger partial charge on any atom is -0.497 e. The van der Waals surface area contributed by atoms with Crippen LogP contribution in [-0.4, -0.2) is 46.7 Å². The van der Waals surface area contributed by atoms with Gasteiger partial charge in [0.25, 0.3) is 0 Å². The van der Waals surface area contributed by atoms with Crippen molar-refractivity contribution >= 4 is 17.5 Å². The molecule has 7 nitrogen and oxygen atoms in total. The largest absolute Gasteiger partial charge is 0.497 e. The molecule has 0 spiro atoms. The lowest BCUT2D eigenvalue weighted by atomic mass is 10.3. The summed E-state index contributed by atoms with van der Waals surface area (Å²) in [5.41, 5.74) is -0.570. The summed E-state index contributed by atoms with van der Waals surface area (Å²) in [6.07, 6.45) is -3.50. The van der Waals surface area contributed by atoms with Gasteiger partial charge >= 0.3 is 6.18 Å². The fraction of sp³-hybridized carbons (Fsp3) is 0.353. The van der Waals surface area contributed by atoms with Crippen molar-refractivity contribution in [2.45, 2.75) is 19.6 Å². The third kappa shape index (κ3) is 5.73. The number of carbonyl (C=O) groups excluding carboxylic acids is 2. The predicted molar refractivity (Wildman–Crippen MR) is 91.1 cm³/mol. The van der Waals surface area contributed by atoms with E-state index in [1.54, 1.807) is 31.2 Å². The Labute approximate surface area is 153 Å². The average Bonchev–Trinajstić information content (AvgIpc) is 3.08. The van der Waals surface area contributed by atoms with E-state index in [9.17, 15) is 22.8 Å². The van der Waals surface area contributed by atoms with Crippen LogP contribution in [0, 0.1) is 0 Å². The molecule has 0 unspecified atom stereocenters. The quantitative estimate of drug-likeness (QED) is 0.795. The number of halogens is 3. The van der Waals surface area contributed by atoms with E-state index in [-0.39, 0.29) is 13.1 Å². The zero-order chi connectivity index (χ0) is 20.0. The van der Waals surface area contributed by atoms with Crippen molar-refractivity contribution in [2.75, 3.05) is 25.5 Å². The highest BCUT2D eigenvalue weighted by Crippen LogP contribution is 2.27. The van der Waals surface area contributed by atoms with Gasteiger partial charge in [0.15, 0.2) is 5.69 Å². The summed E-state index contributed by atoms with van der Waals surface area (Å²) in [5, 5.41) is 5.97. The molecule has 1 aromatic carbocycles. The highest BCUT2D eigenvalue weighted by Gasteiger charge is 2.33. The highest BCUT2D eigenvalue weighted by molar-refractivity contribution is 5.94. The second-order valence-corrected chi connectivity index (χ2v) is 5.58. The number of nitrogens with zero attached hydrogens (tertiary/aromatic N) is 3. The Kier molecular flexibility index (Phi) is 6.43. The summed E-state index contributed by atoms with van der Waals surface area (Å²) >= 11 is 0. The van der Waals surface area contributed by atoms with Crippen molar-refractivity contribution < 1.29 is 27.5 Å². The molecule has 0 aliphatic heterocycles. The number of amides is 2. The first-order valence-corrected chi connectivity index (χ1v) is 8.05. The third-order valence-electron chi connectivity index (χ3n) is 3.65. The van der Waals surface area contributed by atoms with Crippen LogP contribution >= 0.6 is 0 Å². The molecule has 2 aromatic rings. The van der Waals surface area contributed by atoms with E-state index in [0.29, 0.717) is 11.4 Å². The summed E-state index contributed by atoms with van der Waals surface area (Å²) in [4.78, 5) is 25.7. The van der Waals surface area contributed by atoms with Crippen LogP contribution in [-0.2, 0) is 22.3 Å². The summed E-state index contributed by atoms with van der Waals surface area (Å²) in [5.74, 6) is -0.389. The van der Waals surface area contributed by atoms with Crippen LogP contribution in [0.15, 0.2) is 36.5 Å². The second-order valence-electron chi connectivity index (χ2n) is 5.58. The van der Waals surface area contributed by atoms with Crippen molar-refractivity contribution in [3.8, 4) is 5.75 Å². The normalized spacial score (nSPS) is 11.1. The molecule has 1 aromatic heterocycles. The van der Waals surface area contributed by atoms with Crippen molar-refractivity contribution in [2.24, 2.45) is 0 Å². The van der Waals surface area contributed by atoms with Gasteiger partial charge in [0.1, 0.15) is 12.3 Å². The van der Waals surface area contributed by atoms with E-state index in [1.807, 2.05) is 0 Å². The average molecular weight is 384 g/mol. The zero-order valence-electron chi connectivity index (χ0n) is 14.8. The maximum atomic E-state index is 12.6. The molecule has 1 heterocycles. The third-order valence-corrected chi connectivity index (χ3v) is 3.65. The smallest absolute Gasteiger partial charge is 0.435 e. The van der Waals surface area contributed by atoms with E-state index in [0.717, 1.165) is 16.9 Å². The first-order chi connectivity index (χ1) is 12.7. The van der Waals surface area contributed by atoms with E-state index in [1.165, 1.54) is 12.0 Å². The molecular formula is C17H19F3N4O3. The number of aromatic nitrogens is 2. The van der Waals surface area contributed by atoms with Crippen LogP contribution < -0.4 is 10.1 Å². The molecule has 0 aliphatic carbocycles. The van der Waals surface area contributed by atoms with Gasteiger partial charge in [0.2, 0.25) is 11.8 Å². The maximum Gasteiger partial charge on any atom is 0.435 e. The number of methoxy groups -OCH3 is 1. The van der Waals surface area contributed by atoms with Gasteiger partial charge in [-0.25, -0.2) is 0 Å². The fourth-order valence-corrected chi connectivity index (χ4v) is 2.29. The predicted octanol–water partition coefficient (Wildman–Crippen LogP) is 2.40. The number of alkyl halides is 3. The van der Waals surface area contributed by atoms with Gasteiger partial charge in [0.05, 0.1) is 13.7 Å². The Balaban J connectivity index is 1.95. The summed E-state index contributed by atoms with van der Waals surface area (Å²) < 4.78 is 43.7. The van der Waals surface area contributed by atoms with Crippen LogP contribution in [0.1, 0.15) is 12.6 Å². The monoisotopic (exact) mass is 384 g/mol. The van der Waals surface area contributed by atoms with Gasteiger partial charge in [0, 0.05) is 24.5 Å². The number of likely N-dealkylation sites (N-methyl/N-ethyl adjacent to an activating group) is 1. The van der Waals surface area contributed by atoms with Crippen molar-refractivity contribution in [1.29, 1.82) is 0 Å². The molecule has 2 amide bonds. The fourth-order valence-electron chi connectivity index (χ4n) is 2.29. The van der Waals surface area contributed by atoms with Crippen molar-refractivity contribution in [1.82, 2.24) is 14.7 Å². The lowest BCUT2D eigenvalue weighted by Gasteiger charge is -2.20. The molecular weight excluding hydrogens is 365 g/mol. The molecule has 0 atom stereocenters. The van der Waals surface area contributed by atoms with Gasteiger partial charge in [-0.3, -0.25) is 14.3 Å². The minimum atomic E-state index is -4.57. The lowest BCUT2D eigenvalue weighted by molar-refractivity contribution is -0.142. The first kappa shape index (κ1) is 20.3. The first-order valence-electron chi connectivity index (χ1n) is 8.05. The van der Waals surface area contributed by atoms with Gasteiger partial charge in [-0.05, 0) is 25.1 Å². The van der Waals surface area contributed by atoms with E-state index < -0.39 is 30.2 Å². The van der Waals surface area contributed by atoms with Gasteiger partial charge < -0.3 is 15.0 Å². The summed E-state index contributed by atoms with van der Waals surface area (Å²) in [6.45, 7) is 1.26. The number of hydrogen-bond donors (Lipinski definition) is 1. The Morgan fingerprint density at radius 3 is 2.63 bits per heavy atom. The molecule has 10 heteroatoms. The SMILES string of the molecule is CCN(CC(=O)Nc1cccc(OC)c1)C(=O)Cn1ccc(C(F)(F)F)n1. The maximum absolute atomic E-state index is 12.6. The van der Waals surface area contributed by atoms with Gasteiger partial charge in [-0.15, -0.1) is 0 Å². The van der Waals surface area contributed by atoms with Crippen LogP contribution in [0.5, 0.6) is 5.75 Å². The van der Waals surface area contributed by atoms with Crippen LogP contribution in [0.25, 0.3) is 0 Å². The van der Waals surface area contributed by atoms with E-state index >= 15 is 0 Å². The molecule has 0 aliphatic rings. The number of ether oxygens (including phenoxy) is 1. The molecule has 0 saturated carbocycles. The minimum absolute atomic E-state index is 0.220. The molecule has 2 rings (SSSR count). The Morgan fingerprint density at radius 1 is 1.30 bits per heavy atom. The molecule has 0 radical (unpaired) electrons. The number of carbonyl (C=O) groups is 2. The molecule has 146 valence electrons. The summed E-state index contributed by atoms with van der Waals surface area (Å²) in [7, 11) is 1.50. The Morgan fingerprint density at radius 2 is 2.04 bits per heavy atom. The Hall–Kier alpha value is -3.04. The second kappa shape index (κ2) is 8.56. The lowest BCUT2D eigenvalue weighted by Crippen LogP contribution is -2.39. The molecule has 27 heavy (non-hydrogen) atoms. The zero-order valence-corrected chi connectivity index (χ0v) is 14.8. The van der Waals surface area contributed by atoms with Crippen molar-refractivity contribution in [3.05, 3.63) is 42.2 Å². The summed E-state index contributed by atoms with van der Waals surface area (Å²) in [6, 6.07) is 7.50. The van der Waals surface area contributed by atoms with E-state index in [4.69, 9.17) is 4.74 Å². The van der Waals surface area contributed by atoms with E-state index in [2.05, 4.69) is 10.4 Å². The Bertz CT molecular complexity index is 805. The molecule has 1 N–H and O–H groups in total. The van der Waals surface area contributed by atoms with Gasteiger partial charge in [-0.1, -0.05) is 6.07 Å². The standard InChI is InChI=1S/C17H19F3N4O3/c1-3-23(10-15(25)21-12-5-4-6-13(9-12)27-2)16(26)11-24-8-7-14(22-24)17(18,19)20/h4-9H,3,10-11H2,1-2H3,(H,21,25). The van der Waals surface area contributed by atoms with Crippen LogP contribution in [0.3, 0.4) is 0 Å². The van der Waals surface area contributed by atoms with Crippen LogP contribution in [0.2, 0.25) is 0 Å². The highest BCUT2D eigenvalue weighted by atomic mass is 19.4. The molecule has 0 fully saturated rings. The number of nitrogens with one attached hydrogen (secondary N) is 1. The topological polar surface area (TPSA) is 76.5 Å². The van der Waals surface area contributed by atoms with Crippen LogP contribution in [0.4, 0.5) is 18.9 Å². The molecule has 0 saturated heterocycles. The number of hydrogen-bond acceptors (Lipinski definition) is 4. The number of anilines is 1. The van der Waals surface area contributed by atoms with Crippen molar-refractivity contribution in [3.63, 3.8) is 0 Å². The number of rotatable bonds is 7. The molecule has 0 bridgehead atoms.